The van der Waals surface area contributed by atoms with Crippen molar-refractivity contribution >= 4 is 15.9 Å². The molecule has 0 fully saturated rings. The van der Waals surface area contributed by atoms with E-state index < -0.39 is 0 Å². The molecule has 98 valence electrons. The Hall–Kier alpha value is -1.29. The molecule has 3 rings (SSSR count). The molecule has 19 heavy (non-hydrogen) atoms. The van der Waals surface area contributed by atoms with Crippen molar-refractivity contribution in [3.05, 3.63) is 40.3 Å². The minimum Gasteiger partial charge on any atom is -0.238 e. The van der Waals surface area contributed by atoms with Gasteiger partial charge in [-0.3, -0.25) is 0 Å². The molecule has 0 aromatic carbocycles. The molecular weight excluding hydrogens is 302 g/mol. The fraction of sp³-hybridized carbons (Fsp3) is 0.400. The minimum atomic E-state index is 0.337. The molecule has 0 amide bonds. The van der Waals surface area contributed by atoms with Crippen LogP contribution in [0.1, 0.15) is 31.5 Å². The van der Waals surface area contributed by atoms with Gasteiger partial charge in [0.1, 0.15) is 10.3 Å². The van der Waals surface area contributed by atoms with Crippen LogP contribution in [0.3, 0.4) is 0 Å². The van der Waals surface area contributed by atoms with Crippen LogP contribution in [0.15, 0.2) is 29.0 Å². The third-order valence-corrected chi connectivity index (χ3v) is 4.06. The molecule has 0 unspecified atom stereocenters. The van der Waals surface area contributed by atoms with E-state index in [-0.39, 0.29) is 0 Å². The Morgan fingerprint density at radius 3 is 2.84 bits per heavy atom. The van der Waals surface area contributed by atoms with Crippen LogP contribution in [0, 0.1) is 5.41 Å². The standard InChI is InChI=1S/C15H16BrN3/c1-15(2)7-6-10-9-17-14(19-12(10)8-15)11-4-3-5-13(16)18-11/h3-5,9H,6-8H2,1-2H3. The molecular formula is C15H16BrN3. The van der Waals surface area contributed by atoms with Gasteiger partial charge in [-0.2, -0.15) is 0 Å². The second-order valence-electron chi connectivity index (χ2n) is 5.85. The molecule has 0 atom stereocenters. The van der Waals surface area contributed by atoms with Gasteiger partial charge in [0.15, 0.2) is 5.82 Å². The molecule has 2 heterocycles. The molecule has 0 radical (unpaired) electrons. The number of hydrogen-bond donors (Lipinski definition) is 0. The first-order valence-electron chi connectivity index (χ1n) is 6.51. The number of halogens is 1. The molecule has 0 saturated heterocycles. The van der Waals surface area contributed by atoms with Gasteiger partial charge in [0.05, 0.1) is 0 Å². The van der Waals surface area contributed by atoms with E-state index in [1.165, 1.54) is 17.7 Å². The summed E-state index contributed by atoms with van der Waals surface area (Å²) in [6.45, 7) is 4.60. The smallest absolute Gasteiger partial charge is 0.178 e. The summed E-state index contributed by atoms with van der Waals surface area (Å²) in [6, 6.07) is 5.81. The molecule has 0 saturated carbocycles. The average molecular weight is 318 g/mol. The lowest BCUT2D eigenvalue weighted by atomic mass is 9.77. The van der Waals surface area contributed by atoms with E-state index in [4.69, 9.17) is 4.98 Å². The van der Waals surface area contributed by atoms with Gasteiger partial charge in [-0.1, -0.05) is 19.9 Å². The van der Waals surface area contributed by atoms with E-state index in [0.29, 0.717) is 5.41 Å². The Balaban J connectivity index is 2.02. The monoisotopic (exact) mass is 317 g/mol. The van der Waals surface area contributed by atoms with Crippen molar-refractivity contribution in [1.29, 1.82) is 0 Å². The maximum atomic E-state index is 4.73. The first-order chi connectivity index (χ1) is 9.03. The van der Waals surface area contributed by atoms with Crippen molar-refractivity contribution in [2.45, 2.75) is 33.1 Å². The van der Waals surface area contributed by atoms with Gasteiger partial charge < -0.3 is 0 Å². The van der Waals surface area contributed by atoms with Crippen molar-refractivity contribution < 1.29 is 0 Å². The first-order valence-corrected chi connectivity index (χ1v) is 7.31. The third kappa shape index (κ3) is 2.68. The highest BCUT2D eigenvalue weighted by atomic mass is 79.9. The van der Waals surface area contributed by atoms with Crippen molar-refractivity contribution in [3.8, 4) is 11.5 Å². The molecule has 2 aromatic rings. The summed E-state index contributed by atoms with van der Waals surface area (Å²) in [5, 5.41) is 0. The highest BCUT2D eigenvalue weighted by Gasteiger charge is 2.26. The summed E-state index contributed by atoms with van der Waals surface area (Å²) in [4.78, 5) is 13.6. The fourth-order valence-corrected chi connectivity index (χ4v) is 2.82. The second-order valence-corrected chi connectivity index (χ2v) is 6.66. The van der Waals surface area contributed by atoms with Gasteiger partial charge in [-0.15, -0.1) is 0 Å². The number of pyridine rings is 1. The van der Waals surface area contributed by atoms with E-state index in [2.05, 4.69) is 39.7 Å². The summed E-state index contributed by atoms with van der Waals surface area (Å²) in [7, 11) is 0. The van der Waals surface area contributed by atoms with Gasteiger partial charge in [0.25, 0.3) is 0 Å². The molecule has 0 aliphatic heterocycles. The number of aryl methyl sites for hydroxylation is 1. The number of aromatic nitrogens is 3. The zero-order valence-electron chi connectivity index (χ0n) is 11.2. The third-order valence-electron chi connectivity index (χ3n) is 3.62. The van der Waals surface area contributed by atoms with Crippen molar-refractivity contribution in [1.82, 2.24) is 15.0 Å². The van der Waals surface area contributed by atoms with E-state index >= 15 is 0 Å². The normalized spacial score (nSPS) is 17.0. The molecule has 0 bridgehead atoms. The van der Waals surface area contributed by atoms with Gasteiger partial charge in [-0.05, 0) is 58.3 Å². The summed E-state index contributed by atoms with van der Waals surface area (Å²) in [6.07, 6.45) is 5.27. The molecule has 2 aromatic heterocycles. The minimum absolute atomic E-state index is 0.337. The zero-order valence-corrected chi connectivity index (χ0v) is 12.7. The van der Waals surface area contributed by atoms with Crippen LogP contribution in [0.5, 0.6) is 0 Å². The number of hydrogen-bond acceptors (Lipinski definition) is 3. The molecule has 0 N–H and O–H groups in total. The predicted octanol–water partition coefficient (Wildman–Crippen LogP) is 3.82. The Kier molecular flexibility index (Phi) is 3.13. The highest BCUT2D eigenvalue weighted by Crippen LogP contribution is 2.34. The van der Waals surface area contributed by atoms with E-state index in [1.54, 1.807) is 0 Å². The van der Waals surface area contributed by atoms with Crippen LogP contribution in [-0.4, -0.2) is 15.0 Å². The Morgan fingerprint density at radius 1 is 1.21 bits per heavy atom. The number of nitrogens with zero attached hydrogens (tertiary/aromatic N) is 3. The van der Waals surface area contributed by atoms with Crippen molar-refractivity contribution in [3.63, 3.8) is 0 Å². The number of fused-ring (bicyclic) bond motifs is 1. The topological polar surface area (TPSA) is 38.7 Å². The van der Waals surface area contributed by atoms with Gasteiger partial charge in [0, 0.05) is 11.9 Å². The Labute approximate surface area is 121 Å². The second kappa shape index (κ2) is 4.67. The summed E-state index contributed by atoms with van der Waals surface area (Å²) in [5.41, 5.74) is 3.63. The zero-order chi connectivity index (χ0) is 13.5. The highest BCUT2D eigenvalue weighted by molar-refractivity contribution is 9.10. The lowest BCUT2D eigenvalue weighted by Crippen LogP contribution is -2.23. The molecule has 0 spiro atoms. The van der Waals surface area contributed by atoms with Crippen molar-refractivity contribution in [2.24, 2.45) is 5.41 Å². The fourth-order valence-electron chi connectivity index (χ4n) is 2.47. The summed E-state index contributed by atoms with van der Waals surface area (Å²) < 4.78 is 0.812. The first kappa shape index (κ1) is 12.7. The molecule has 4 heteroatoms. The lowest BCUT2D eigenvalue weighted by molar-refractivity contribution is 0.310. The van der Waals surface area contributed by atoms with Crippen LogP contribution in [0.2, 0.25) is 0 Å². The van der Waals surface area contributed by atoms with Gasteiger partial charge in [0.2, 0.25) is 0 Å². The SMILES string of the molecule is CC1(C)CCc2cnc(-c3cccc(Br)n3)nc2C1. The Bertz CT molecular complexity index is 623. The average Bonchev–Trinajstić information content (AvgIpc) is 2.37. The lowest BCUT2D eigenvalue weighted by Gasteiger charge is -2.30. The summed E-state index contributed by atoms with van der Waals surface area (Å²) >= 11 is 3.39. The van der Waals surface area contributed by atoms with E-state index in [1.807, 2.05) is 24.4 Å². The van der Waals surface area contributed by atoms with Crippen LogP contribution < -0.4 is 0 Å². The summed E-state index contributed by atoms with van der Waals surface area (Å²) in [5.74, 6) is 0.720. The largest absolute Gasteiger partial charge is 0.238 e. The van der Waals surface area contributed by atoms with Crippen LogP contribution in [0.25, 0.3) is 11.5 Å². The molecule has 3 nitrogen and oxygen atoms in total. The quantitative estimate of drug-likeness (QED) is 0.750. The Morgan fingerprint density at radius 2 is 2.05 bits per heavy atom. The van der Waals surface area contributed by atoms with Gasteiger partial charge >= 0.3 is 0 Å². The molecule has 1 aliphatic rings. The van der Waals surface area contributed by atoms with E-state index in [9.17, 15) is 0 Å². The maximum Gasteiger partial charge on any atom is 0.178 e. The number of rotatable bonds is 1. The van der Waals surface area contributed by atoms with E-state index in [0.717, 1.165) is 29.0 Å². The predicted molar refractivity (Wildman–Crippen MR) is 78.8 cm³/mol. The van der Waals surface area contributed by atoms with Crippen LogP contribution in [-0.2, 0) is 12.8 Å². The van der Waals surface area contributed by atoms with Crippen LogP contribution >= 0.6 is 15.9 Å². The van der Waals surface area contributed by atoms with Crippen molar-refractivity contribution in [2.75, 3.05) is 0 Å². The molecule has 1 aliphatic carbocycles. The van der Waals surface area contributed by atoms with Crippen LogP contribution in [0.4, 0.5) is 0 Å². The maximum absolute atomic E-state index is 4.73. The van der Waals surface area contributed by atoms with Gasteiger partial charge in [-0.25, -0.2) is 15.0 Å².